The van der Waals surface area contributed by atoms with Crippen LogP contribution in [0.2, 0.25) is 0 Å². The topological polar surface area (TPSA) is 70.6 Å². The molecule has 0 radical (unpaired) electrons. The lowest BCUT2D eigenvalue weighted by atomic mass is 10.2. The van der Waals surface area contributed by atoms with Gasteiger partial charge in [-0.1, -0.05) is 30.3 Å². The van der Waals surface area contributed by atoms with Crippen molar-refractivity contribution in [3.8, 4) is 11.4 Å². The normalized spacial score (nSPS) is 20.3. The third-order valence-corrected chi connectivity index (χ3v) is 5.36. The molecule has 1 aromatic heterocycles. The fourth-order valence-electron chi connectivity index (χ4n) is 3.63. The molecular formula is C21H27N5O2. The molecule has 0 spiro atoms. The maximum atomic E-state index is 12.9. The summed E-state index contributed by atoms with van der Waals surface area (Å²) in [6.07, 6.45) is 3.82. The van der Waals surface area contributed by atoms with Crippen LogP contribution in [0.5, 0.6) is 0 Å². The molecule has 148 valence electrons. The summed E-state index contributed by atoms with van der Waals surface area (Å²) in [5, 5.41) is 3.01. The lowest BCUT2D eigenvalue weighted by Gasteiger charge is -2.34. The zero-order valence-corrected chi connectivity index (χ0v) is 16.3. The summed E-state index contributed by atoms with van der Waals surface area (Å²) in [7, 11) is 2.11. The largest absolute Gasteiger partial charge is 0.376 e. The summed E-state index contributed by atoms with van der Waals surface area (Å²) in [5.41, 5.74) is 1.48. The van der Waals surface area contributed by atoms with Crippen LogP contribution < -0.4 is 10.2 Å². The van der Waals surface area contributed by atoms with Gasteiger partial charge in [-0.25, -0.2) is 9.97 Å². The lowest BCUT2D eigenvalue weighted by Crippen LogP contribution is -2.45. The van der Waals surface area contributed by atoms with E-state index < -0.39 is 0 Å². The number of rotatable bonds is 5. The molecule has 1 unspecified atom stereocenters. The number of benzene rings is 1. The van der Waals surface area contributed by atoms with Crippen LogP contribution in [0.4, 0.5) is 5.82 Å². The van der Waals surface area contributed by atoms with Crippen molar-refractivity contribution in [1.82, 2.24) is 20.2 Å². The first kappa shape index (κ1) is 18.8. The Morgan fingerprint density at radius 1 is 1.21 bits per heavy atom. The molecule has 0 bridgehead atoms. The van der Waals surface area contributed by atoms with E-state index in [1.54, 1.807) is 6.20 Å². The van der Waals surface area contributed by atoms with Gasteiger partial charge in [0.1, 0.15) is 11.4 Å². The first-order valence-corrected chi connectivity index (χ1v) is 9.96. The number of hydrogen-bond acceptors (Lipinski definition) is 6. The highest BCUT2D eigenvalue weighted by Crippen LogP contribution is 2.23. The van der Waals surface area contributed by atoms with E-state index in [-0.39, 0.29) is 12.0 Å². The molecule has 7 nitrogen and oxygen atoms in total. The number of amides is 1. The molecule has 2 aliphatic rings. The molecule has 2 aliphatic heterocycles. The van der Waals surface area contributed by atoms with Gasteiger partial charge in [0.2, 0.25) is 0 Å². The number of nitrogens with zero attached hydrogens (tertiary/aromatic N) is 4. The van der Waals surface area contributed by atoms with Crippen molar-refractivity contribution in [1.29, 1.82) is 0 Å². The second-order valence-electron chi connectivity index (χ2n) is 7.43. The van der Waals surface area contributed by atoms with E-state index in [0.29, 0.717) is 23.8 Å². The Morgan fingerprint density at radius 2 is 2.00 bits per heavy atom. The first-order chi connectivity index (χ1) is 13.7. The summed E-state index contributed by atoms with van der Waals surface area (Å²) in [6, 6.07) is 9.88. The highest BCUT2D eigenvalue weighted by atomic mass is 16.5. The molecule has 2 aromatic rings. The minimum absolute atomic E-state index is 0.112. The summed E-state index contributed by atoms with van der Waals surface area (Å²) in [4.78, 5) is 26.6. The molecule has 4 rings (SSSR count). The van der Waals surface area contributed by atoms with Crippen LogP contribution in [-0.4, -0.2) is 73.3 Å². The molecule has 0 saturated carbocycles. The van der Waals surface area contributed by atoms with E-state index in [9.17, 15) is 4.79 Å². The van der Waals surface area contributed by atoms with Gasteiger partial charge in [0, 0.05) is 51.1 Å². The second-order valence-corrected chi connectivity index (χ2v) is 7.43. The van der Waals surface area contributed by atoms with Crippen LogP contribution in [0.15, 0.2) is 36.5 Å². The fraction of sp³-hybridized carbons (Fsp3) is 0.476. The van der Waals surface area contributed by atoms with Crippen molar-refractivity contribution in [2.45, 2.75) is 18.9 Å². The van der Waals surface area contributed by atoms with Crippen LogP contribution in [0.3, 0.4) is 0 Å². The Labute approximate surface area is 165 Å². The number of piperazine rings is 1. The molecule has 1 amide bonds. The van der Waals surface area contributed by atoms with Gasteiger partial charge in [0.15, 0.2) is 5.82 Å². The predicted octanol–water partition coefficient (Wildman–Crippen LogP) is 1.80. The van der Waals surface area contributed by atoms with Crippen molar-refractivity contribution in [2.24, 2.45) is 0 Å². The Kier molecular flexibility index (Phi) is 5.83. The smallest absolute Gasteiger partial charge is 0.256 e. The Bertz CT molecular complexity index is 800. The van der Waals surface area contributed by atoms with Crippen LogP contribution in [-0.2, 0) is 4.74 Å². The van der Waals surface area contributed by atoms with Gasteiger partial charge >= 0.3 is 0 Å². The lowest BCUT2D eigenvalue weighted by molar-refractivity contribution is 0.0857. The van der Waals surface area contributed by atoms with Crippen molar-refractivity contribution < 1.29 is 9.53 Å². The zero-order valence-electron chi connectivity index (χ0n) is 16.3. The summed E-state index contributed by atoms with van der Waals surface area (Å²) < 4.78 is 5.61. The number of carbonyl (C=O) groups excluding carboxylic acids is 1. The van der Waals surface area contributed by atoms with Crippen molar-refractivity contribution in [2.75, 3.05) is 51.3 Å². The minimum atomic E-state index is -0.135. The molecule has 1 atom stereocenters. The summed E-state index contributed by atoms with van der Waals surface area (Å²) >= 11 is 0. The molecule has 28 heavy (non-hydrogen) atoms. The average molecular weight is 381 g/mol. The number of aromatic nitrogens is 2. The molecule has 1 aromatic carbocycles. The van der Waals surface area contributed by atoms with E-state index >= 15 is 0 Å². The highest BCUT2D eigenvalue weighted by molar-refractivity contribution is 5.99. The van der Waals surface area contributed by atoms with Gasteiger partial charge in [-0.2, -0.15) is 0 Å². The number of likely N-dealkylation sites (N-methyl/N-ethyl adjacent to an activating group) is 1. The van der Waals surface area contributed by atoms with Gasteiger partial charge < -0.3 is 19.9 Å². The molecule has 3 heterocycles. The van der Waals surface area contributed by atoms with Gasteiger partial charge in [0.05, 0.1) is 6.10 Å². The number of hydrogen-bond donors (Lipinski definition) is 1. The monoisotopic (exact) mass is 381 g/mol. The average Bonchev–Trinajstić information content (AvgIpc) is 3.26. The van der Waals surface area contributed by atoms with E-state index in [0.717, 1.165) is 51.2 Å². The van der Waals surface area contributed by atoms with Crippen molar-refractivity contribution in [3.63, 3.8) is 0 Å². The quantitative estimate of drug-likeness (QED) is 0.852. The Balaban J connectivity index is 1.59. The van der Waals surface area contributed by atoms with Gasteiger partial charge in [0.25, 0.3) is 5.91 Å². The van der Waals surface area contributed by atoms with E-state index in [4.69, 9.17) is 9.72 Å². The molecule has 2 fully saturated rings. The van der Waals surface area contributed by atoms with Gasteiger partial charge in [-0.05, 0) is 19.9 Å². The SMILES string of the molecule is CN1CCN(c2nc(-c3ccccc3)ncc2C(=O)NCC2CCCO2)CC1. The van der Waals surface area contributed by atoms with Crippen LogP contribution in [0.1, 0.15) is 23.2 Å². The Hall–Kier alpha value is -2.51. The minimum Gasteiger partial charge on any atom is -0.376 e. The van der Waals surface area contributed by atoms with Crippen molar-refractivity contribution in [3.05, 3.63) is 42.1 Å². The number of carbonyl (C=O) groups is 1. The van der Waals surface area contributed by atoms with E-state index in [1.807, 2.05) is 30.3 Å². The highest BCUT2D eigenvalue weighted by Gasteiger charge is 2.24. The molecule has 2 saturated heterocycles. The maximum absolute atomic E-state index is 12.9. The first-order valence-electron chi connectivity index (χ1n) is 9.96. The predicted molar refractivity (Wildman–Crippen MR) is 108 cm³/mol. The molecule has 7 heteroatoms. The van der Waals surface area contributed by atoms with Gasteiger partial charge in [-0.15, -0.1) is 0 Å². The van der Waals surface area contributed by atoms with E-state index in [1.165, 1.54) is 0 Å². The third kappa shape index (κ3) is 4.31. The van der Waals surface area contributed by atoms with Crippen LogP contribution in [0, 0.1) is 0 Å². The maximum Gasteiger partial charge on any atom is 0.256 e. The fourth-order valence-corrected chi connectivity index (χ4v) is 3.63. The second kappa shape index (κ2) is 8.67. The number of anilines is 1. The zero-order chi connectivity index (χ0) is 19.3. The van der Waals surface area contributed by atoms with Crippen LogP contribution >= 0.6 is 0 Å². The van der Waals surface area contributed by atoms with Gasteiger partial charge in [-0.3, -0.25) is 4.79 Å². The standard InChI is InChI=1S/C21H27N5O2/c1-25-9-11-26(12-10-25)20-18(21(27)23-14-17-8-5-13-28-17)15-22-19(24-20)16-6-3-2-4-7-16/h2-4,6-7,15,17H,5,8-14H2,1H3,(H,23,27). The summed E-state index contributed by atoms with van der Waals surface area (Å²) in [6.45, 7) is 4.88. The van der Waals surface area contributed by atoms with E-state index in [2.05, 4.69) is 27.1 Å². The Morgan fingerprint density at radius 3 is 2.71 bits per heavy atom. The molecule has 1 N–H and O–H groups in total. The van der Waals surface area contributed by atoms with Crippen molar-refractivity contribution >= 4 is 11.7 Å². The number of nitrogens with one attached hydrogen (secondary N) is 1. The molecule has 0 aliphatic carbocycles. The molecular weight excluding hydrogens is 354 g/mol. The van der Waals surface area contributed by atoms with Crippen LogP contribution in [0.25, 0.3) is 11.4 Å². The number of ether oxygens (including phenoxy) is 1. The third-order valence-electron chi connectivity index (χ3n) is 5.36. The summed E-state index contributed by atoms with van der Waals surface area (Å²) in [5.74, 6) is 1.22.